The van der Waals surface area contributed by atoms with E-state index in [-0.39, 0.29) is 34.7 Å². The monoisotopic (exact) mass is 509 g/mol. The van der Waals surface area contributed by atoms with Crippen molar-refractivity contribution in [2.75, 3.05) is 40.4 Å². The van der Waals surface area contributed by atoms with Gasteiger partial charge in [0.25, 0.3) is 0 Å². The van der Waals surface area contributed by atoms with Crippen LogP contribution in [0.15, 0.2) is 18.2 Å². The lowest BCUT2D eigenvalue weighted by Gasteiger charge is -2.38. The van der Waals surface area contributed by atoms with Gasteiger partial charge >= 0.3 is 6.03 Å². The van der Waals surface area contributed by atoms with E-state index in [1.807, 2.05) is 24.1 Å². The minimum absolute atomic E-state index is 0.0236. The fourth-order valence-corrected chi connectivity index (χ4v) is 6.30. The van der Waals surface area contributed by atoms with Crippen LogP contribution >= 0.6 is 11.6 Å². The van der Waals surface area contributed by atoms with Crippen LogP contribution in [0, 0.1) is 17.7 Å². The van der Waals surface area contributed by atoms with Gasteiger partial charge < -0.3 is 20.3 Å². The number of benzene rings is 1. The predicted molar refractivity (Wildman–Crippen MR) is 142 cm³/mol. The molecule has 1 saturated heterocycles. The number of carbonyl (C=O) groups excluding carboxylic acids is 1. The quantitative estimate of drug-likeness (QED) is 0.322. The Morgan fingerprint density at radius 1 is 1.20 bits per heavy atom. The fraction of sp³-hybridized carbons (Fsp3) is 0.750. The van der Waals surface area contributed by atoms with Crippen LogP contribution in [0.1, 0.15) is 82.1 Å². The molecule has 2 fully saturated rings. The van der Waals surface area contributed by atoms with E-state index in [4.69, 9.17) is 16.3 Å². The number of hydrogen-bond acceptors (Lipinski definition) is 3. The second-order valence-electron chi connectivity index (χ2n) is 10.5. The summed E-state index contributed by atoms with van der Waals surface area (Å²) in [6.07, 6.45) is 12.3. The third-order valence-electron chi connectivity index (χ3n) is 7.93. The van der Waals surface area contributed by atoms with Crippen molar-refractivity contribution in [3.8, 4) is 0 Å². The highest BCUT2D eigenvalue weighted by molar-refractivity contribution is 6.30. The molecule has 3 rings (SSSR count). The highest BCUT2D eigenvalue weighted by Crippen LogP contribution is 2.38. The molecule has 1 aromatic rings. The van der Waals surface area contributed by atoms with E-state index in [1.54, 1.807) is 13.2 Å². The summed E-state index contributed by atoms with van der Waals surface area (Å²) in [4.78, 5) is 15.3. The number of carbonyl (C=O) groups is 1. The Morgan fingerprint density at radius 2 is 2.00 bits per heavy atom. The van der Waals surface area contributed by atoms with Gasteiger partial charge in [0.2, 0.25) is 0 Å². The molecule has 198 valence electrons. The van der Waals surface area contributed by atoms with Crippen LogP contribution in [0.4, 0.5) is 9.18 Å². The van der Waals surface area contributed by atoms with Crippen LogP contribution in [-0.2, 0) is 4.74 Å². The van der Waals surface area contributed by atoms with Crippen LogP contribution < -0.4 is 10.6 Å². The molecule has 0 radical (unpaired) electrons. The Kier molecular flexibility index (Phi) is 12.1. The summed E-state index contributed by atoms with van der Waals surface area (Å²) in [7, 11) is 3.66. The largest absolute Gasteiger partial charge is 0.385 e. The number of nitrogens with one attached hydrogen (secondary N) is 2. The molecule has 1 saturated carbocycles. The fourth-order valence-electron chi connectivity index (χ4n) is 6.12. The van der Waals surface area contributed by atoms with Crippen LogP contribution in [0.2, 0.25) is 5.02 Å². The average molecular weight is 510 g/mol. The maximum Gasteiger partial charge on any atom is 0.317 e. The maximum atomic E-state index is 15.1. The van der Waals surface area contributed by atoms with Gasteiger partial charge in [-0.15, -0.1) is 0 Å². The number of methoxy groups -OCH3 is 1. The van der Waals surface area contributed by atoms with Gasteiger partial charge in [0.1, 0.15) is 5.82 Å². The van der Waals surface area contributed by atoms with Gasteiger partial charge in [-0.1, -0.05) is 62.3 Å². The summed E-state index contributed by atoms with van der Waals surface area (Å²) in [5.41, 5.74) is 0.688. The molecule has 1 aliphatic heterocycles. The van der Waals surface area contributed by atoms with Gasteiger partial charge in [-0.2, -0.15) is 0 Å². The molecule has 2 amide bonds. The number of unbranched alkanes of at least 4 members (excludes halogenated alkanes) is 1. The van der Waals surface area contributed by atoms with Crippen LogP contribution in [0.3, 0.4) is 0 Å². The molecule has 1 heterocycles. The third-order valence-corrected chi connectivity index (χ3v) is 8.22. The summed E-state index contributed by atoms with van der Waals surface area (Å²) in [5.74, 6) is 0.649. The summed E-state index contributed by atoms with van der Waals surface area (Å²) in [6.45, 7) is 2.90. The number of likely N-dealkylation sites (N-methyl/N-ethyl adjacent to an activating group) is 1. The molecule has 2 N–H and O–H groups in total. The standard InChI is InChI=1S/C28H45ClFN3O2/c1-31-19-23(18-21-10-4-3-5-11-21)32-28(34)33-16-9-12-22(20-33)24(13-6-7-17-35-2)25-14-8-15-26(29)27(25)30/h8,14-15,21-24,31H,3-7,9-13,16-20H2,1-2H3,(H,32,34)/t22-,23?,24?/m1/s1. The Labute approximate surface area is 216 Å². The summed E-state index contributed by atoms with van der Waals surface area (Å²) < 4.78 is 20.3. The minimum atomic E-state index is -0.311. The van der Waals surface area contributed by atoms with Gasteiger partial charge in [0.15, 0.2) is 0 Å². The van der Waals surface area contributed by atoms with Gasteiger partial charge in [0.05, 0.1) is 5.02 Å². The van der Waals surface area contributed by atoms with E-state index in [0.717, 1.165) is 51.6 Å². The van der Waals surface area contributed by atoms with Crippen LogP contribution in [-0.4, -0.2) is 57.4 Å². The lowest BCUT2D eigenvalue weighted by molar-refractivity contribution is 0.146. The van der Waals surface area contributed by atoms with Crippen molar-refractivity contribution >= 4 is 17.6 Å². The average Bonchev–Trinajstić information content (AvgIpc) is 2.87. The molecule has 1 aliphatic carbocycles. The number of urea groups is 1. The van der Waals surface area contributed by atoms with Gasteiger partial charge in [-0.25, -0.2) is 9.18 Å². The van der Waals surface area contributed by atoms with Crippen LogP contribution in [0.5, 0.6) is 0 Å². The second-order valence-corrected chi connectivity index (χ2v) is 10.9. The molecular weight excluding hydrogens is 465 g/mol. The molecule has 2 unspecified atom stereocenters. The van der Waals surface area contributed by atoms with Crippen molar-refractivity contribution in [1.82, 2.24) is 15.5 Å². The number of halogens is 2. The Balaban J connectivity index is 1.66. The maximum absolute atomic E-state index is 15.1. The zero-order valence-corrected chi connectivity index (χ0v) is 22.4. The molecule has 3 atom stereocenters. The van der Waals surface area contributed by atoms with Crippen molar-refractivity contribution in [2.45, 2.75) is 82.6 Å². The van der Waals surface area contributed by atoms with Gasteiger partial charge in [0, 0.05) is 39.4 Å². The molecule has 0 bridgehead atoms. The lowest BCUT2D eigenvalue weighted by atomic mass is 9.78. The van der Waals surface area contributed by atoms with E-state index in [1.165, 1.54) is 32.1 Å². The van der Waals surface area contributed by atoms with E-state index >= 15 is 4.39 Å². The number of piperidine rings is 1. The first-order chi connectivity index (χ1) is 17.0. The van der Waals surface area contributed by atoms with Crippen LogP contribution in [0.25, 0.3) is 0 Å². The number of rotatable bonds is 12. The number of amides is 2. The van der Waals surface area contributed by atoms with Gasteiger partial charge in [-0.3, -0.25) is 0 Å². The first-order valence-electron chi connectivity index (χ1n) is 13.7. The number of likely N-dealkylation sites (tertiary alicyclic amines) is 1. The molecule has 7 heteroatoms. The Hall–Kier alpha value is -1.37. The third kappa shape index (κ3) is 8.61. The van der Waals surface area contributed by atoms with Crippen molar-refractivity contribution in [2.24, 2.45) is 11.8 Å². The van der Waals surface area contributed by atoms with E-state index < -0.39 is 0 Å². The summed E-state index contributed by atoms with van der Waals surface area (Å²) in [6, 6.07) is 5.48. The van der Waals surface area contributed by atoms with Crippen molar-refractivity contribution in [3.05, 3.63) is 34.6 Å². The Morgan fingerprint density at radius 3 is 2.74 bits per heavy atom. The molecule has 0 spiro atoms. The van der Waals surface area contributed by atoms with Crippen molar-refractivity contribution in [3.63, 3.8) is 0 Å². The smallest absolute Gasteiger partial charge is 0.317 e. The summed E-state index contributed by atoms with van der Waals surface area (Å²) >= 11 is 6.15. The first-order valence-corrected chi connectivity index (χ1v) is 14.0. The minimum Gasteiger partial charge on any atom is -0.385 e. The molecule has 35 heavy (non-hydrogen) atoms. The normalized spacial score (nSPS) is 21.0. The summed E-state index contributed by atoms with van der Waals surface area (Å²) in [5, 5.41) is 6.76. The van der Waals surface area contributed by atoms with Crippen molar-refractivity contribution in [1.29, 1.82) is 0 Å². The second kappa shape index (κ2) is 15.0. The van der Waals surface area contributed by atoms with Gasteiger partial charge in [-0.05, 0) is 68.5 Å². The predicted octanol–water partition coefficient (Wildman–Crippen LogP) is 6.36. The lowest BCUT2D eigenvalue weighted by Crippen LogP contribution is -2.51. The van der Waals surface area contributed by atoms with E-state index in [9.17, 15) is 4.79 Å². The molecule has 1 aromatic carbocycles. The molecule has 5 nitrogen and oxygen atoms in total. The van der Waals surface area contributed by atoms with E-state index in [2.05, 4.69) is 10.6 Å². The zero-order valence-electron chi connectivity index (χ0n) is 21.7. The topological polar surface area (TPSA) is 53.6 Å². The molecule has 2 aliphatic rings. The molecule has 0 aromatic heterocycles. The number of hydrogen-bond donors (Lipinski definition) is 2. The Bertz CT molecular complexity index is 775. The van der Waals surface area contributed by atoms with E-state index in [0.29, 0.717) is 24.6 Å². The highest BCUT2D eigenvalue weighted by atomic mass is 35.5. The molecular formula is C28H45ClFN3O2. The zero-order chi connectivity index (χ0) is 25.0. The highest BCUT2D eigenvalue weighted by Gasteiger charge is 2.32. The number of nitrogens with zero attached hydrogens (tertiary/aromatic N) is 1. The first kappa shape index (κ1) is 28.2. The SMILES string of the molecule is CNCC(CC1CCCCC1)NC(=O)N1CCC[C@@H](C(CCCCOC)c2cccc(Cl)c2F)C1. The number of ether oxygens (including phenoxy) is 1. The van der Waals surface area contributed by atoms with Crippen molar-refractivity contribution < 1.29 is 13.9 Å².